The van der Waals surface area contributed by atoms with Gasteiger partial charge >= 0.3 is 0 Å². The summed E-state index contributed by atoms with van der Waals surface area (Å²) in [6.45, 7) is 1.42. The predicted molar refractivity (Wildman–Crippen MR) is 137 cm³/mol. The number of carbonyl (C=O) groups is 1. The Morgan fingerprint density at radius 2 is 1.86 bits per heavy atom. The minimum Gasteiger partial charge on any atom is -0.383 e. The van der Waals surface area contributed by atoms with Gasteiger partial charge < -0.3 is 14.6 Å². The Morgan fingerprint density at radius 3 is 2.54 bits per heavy atom. The van der Waals surface area contributed by atoms with Crippen molar-refractivity contribution in [2.45, 2.75) is 18.9 Å². The maximum Gasteiger partial charge on any atom is 0.270 e. The number of nitrogens with one attached hydrogen (secondary N) is 1. The summed E-state index contributed by atoms with van der Waals surface area (Å²) in [4.78, 5) is 24.0. The van der Waals surface area contributed by atoms with Crippen LogP contribution in [0.15, 0.2) is 79.0 Å². The fourth-order valence-corrected chi connectivity index (χ4v) is 4.39. The number of fused-ring (bicyclic) bond motifs is 1. The van der Waals surface area contributed by atoms with E-state index in [4.69, 9.17) is 16.3 Å². The van der Waals surface area contributed by atoms with Crippen molar-refractivity contribution < 1.29 is 14.5 Å². The average molecular weight is 492 g/mol. The van der Waals surface area contributed by atoms with Crippen molar-refractivity contribution in [3.05, 3.63) is 111 Å². The van der Waals surface area contributed by atoms with Gasteiger partial charge in [-0.05, 0) is 34.9 Å². The molecule has 0 spiro atoms. The second-order valence-electron chi connectivity index (χ2n) is 8.31. The van der Waals surface area contributed by atoms with Gasteiger partial charge in [-0.2, -0.15) is 0 Å². The molecule has 1 heterocycles. The Morgan fingerprint density at radius 1 is 1.11 bits per heavy atom. The molecule has 1 amide bonds. The molecule has 0 saturated carbocycles. The molecule has 0 radical (unpaired) electrons. The first-order valence-electron chi connectivity index (χ1n) is 11.3. The molecule has 0 bridgehead atoms. The van der Waals surface area contributed by atoms with Crippen molar-refractivity contribution >= 4 is 34.1 Å². The summed E-state index contributed by atoms with van der Waals surface area (Å²) in [5.74, 6) is -0.451. The molecule has 0 aliphatic heterocycles. The molecule has 3 aromatic carbocycles. The summed E-state index contributed by atoms with van der Waals surface area (Å²) < 4.78 is 7.12. The third-order valence-electron chi connectivity index (χ3n) is 5.97. The van der Waals surface area contributed by atoms with E-state index in [1.165, 1.54) is 6.07 Å². The first-order valence-corrected chi connectivity index (χ1v) is 11.7. The second-order valence-corrected chi connectivity index (χ2v) is 8.74. The zero-order chi connectivity index (χ0) is 24.8. The van der Waals surface area contributed by atoms with Crippen molar-refractivity contribution in [3.63, 3.8) is 0 Å². The Balaban J connectivity index is 1.82. The van der Waals surface area contributed by atoms with Crippen LogP contribution < -0.4 is 5.32 Å². The molecule has 7 nitrogen and oxygen atoms in total. The molecular formula is C27H26ClN3O4. The van der Waals surface area contributed by atoms with Gasteiger partial charge in [-0.1, -0.05) is 54.1 Å². The summed E-state index contributed by atoms with van der Waals surface area (Å²) in [5.41, 5.74) is 3.74. The van der Waals surface area contributed by atoms with Gasteiger partial charge in [0.25, 0.3) is 5.69 Å². The van der Waals surface area contributed by atoms with Gasteiger partial charge in [0.2, 0.25) is 5.91 Å². The molecule has 1 aromatic heterocycles. The highest BCUT2D eigenvalue weighted by Gasteiger charge is 2.24. The number of carbonyl (C=O) groups excluding carboxylic acids is 1. The van der Waals surface area contributed by atoms with Gasteiger partial charge in [-0.25, -0.2) is 0 Å². The highest BCUT2D eigenvalue weighted by Crippen LogP contribution is 2.37. The topological polar surface area (TPSA) is 86.4 Å². The number of nitrogens with zero attached hydrogens (tertiary/aromatic N) is 2. The van der Waals surface area contributed by atoms with E-state index in [1.54, 1.807) is 31.4 Å². The van der Waals surface area contributed by atoms with Crippen molar-refractivity contribution in [2.24, 2.45) is 0 Å². The molecular weight excluding hydrogens is 466 g/mol. The summed E-state index contributed by atoms with van der Waals surface area (Å²) in [6.07, 6.45) is 2.18. The lowest BCUT2D eigenvalue weighted by atomic mass is 9.88. The van der Waals surface area contributed by atoms with Crippen LogP contribution in [-0.4, -0.2) is 35.7 Å². The number of amides is 1. The number of nitro benzene ring substituents is 1. The fraction of sp³-hybridized carbons (Fsp3) is 0.222. The van der Waals surface area contributed by atoms with Crippen LogP contribution in [0, 0.1) is 10.1 Å². The number of rotatable bonds is 10. The Labute approximate surface area is 208 Å². The number of non-ortho nitro benzene ring substituents is 1. The number of hydrogen-bond donors (Lipinski definition) is 1. The first-order chi connectivity index (χ1) is 17.0. The smallest absolute Gasteiger partial charge is 0.270 e. The summed E-state index contributed by atoms with van der Waals surface area (Å²) in [7, 11) is 1.58. The number of ether oxygens (including phenoxy) is 1. The van der Waals surface area contributed by atoms with Gasteiger partial charge in [-0.15, -0.1) is 0 Å². The van der Waals surface area contributed by atoms with Gasteiger partial charge in [0, 0.05) is 66.8 Å². The van der Waals surface area contributed by atoms with Crippen LogP contribution in [0.2, 0.25) is 5.02 Å². The van der Waals surface area contributed by atoms with Gasteiger partial charge in [-0.3, -0.25) is 14.9 Å². The number of hydrogen-bond acceptors (Lipinski definition) is 4. The first kappa shape index (κ1) is 24.4. The molecule has 4 rings (SSSR count). The van der Waals surface area contributed by atoms with E-state index in [0.717, 1.165) is 27.6 Å². The molecule has 1 atom stereocenters. The van der Waals surface area contributed by atoms with Crippen molar-refractivity contribution in [2.75, 3.05) is 20.3 Å². The van der Waals surface area contributed by atoms with Crippen LogP contribution >= 0.6 is 11.6 Å². The van der Waals surface area contributed by atoms with E-state index in [9.17, 15) is 14.9 Å². The Kier molecular flexibility index (Phi) is 7.80. The molecule has 0 aliphatic rings. The summed E-state index contributed by atoms with van der Waals surface area (Å²) >= 11 is 6.13. The maximum absolute atomic E-state index is 12.8. The largest absolute Gasteiger partial charge is 0.383 e. The van der Waals surface area contributed by atoms with Crippen LogP contribution in [0.4, 0.5) is 5.69 Å². The maximum atomic E-state index is 12.8. The highest BCUT2D eigenvalue weighted by atomic mass is 35.5. The minimum absolute atomic E-state index is 0.00983. The number of methoxy groups -OCH3 is 1. The lowest BCUT2D eigenvalue weighted by molar-refractivity contribution is -0.384. The third-order valence-corrected chi connectivity index (χ3v) is 6.22. The van der Waals surface area contributed by atoms with Crippen LogP contribution in [-0.2, 0) is 16.1 Å². The van der Waals surface area contributed by atoms with E-state index in [-0.39, 0.29) is 23.9 Å². The lowest BCUT2D eigenvalue weighted by Gasteiger charge is -2.17. The monoisotopic (exact) mass is 491 g/mol. The molecule has 8 heteroatoms. The minimum atomic E-state index is -0.396. The SMILES string of the molecule is COCCNC(=O)C[C@@H](c1ccc(Cl)cc1)c1cn(Cc2ccccc2)c2ccc([N+](=O)[O-])cc12. The average Bonchev–Trinajstić information content (AvgIpc) is 3.21. The molecule has 4 aromatic rings. The van der Waals surface area contributed by atoms with E-state index in [2.05, 4.69) is 9.88 Å². The molecule has 0 unspecified atom stereocenters. The van der Waals surface area contributed by atoms with E-state index in [1.807, 2.05) is 48.7 Å². The van der Waals surface area contributed by atoms with Gasteiger partial charge in [0.15, 0.2) is 0 Å². The Hall–Kier alpha value is -3.68. The lowest BCUT2D eigenvalue weighted by Crippen LogP contribution is -2.28. The van der Waals surface area contributed by atoms with Crippen LogP contribution in [0.3, 0.4) is 0 Å². The van der Waals surface area contributed by atoms with Crippen molar-refractivity contribution in [1.82, 2.24) is 9.88 Å². The normalized spacial score (nSPS) is 11.9. The van der Waals surface area contributed by atoms with E-state index >= 15 is 0 Å². The number of nitro groups is 1. The van der Waals surface area contributed by atoms with E-state index in [0.29, 0.717) is 24.7 Å². The number of halogens is 1. The predicted octanol–water partition coefficient (Wildman–Crippen LogP) is 5.54. The second kappa shape index (κ2) is 11.2. The third kappa shape index (κ3) is 5.88. The standard InChI is InChI=1S/C27H26ClN3O4/c1-35-14-13-29-27(32)16-23(20-7-9-21(28)10-8-20)25-18-30(17-19-5-3-2-4-6-19)26-12-11-22(31(33)34)15-24(25)26/h2-12,15,18,23H,13-14,16-17H2,1H3,(H,29,32)/t23-/m0/s1. The molecule has 0 aliphatic carbocycles. The molecule has 0 saturated heterocycles. The van der Waals surface area contributed by atoms with Gasteiger partial charge in [0.1, 0.15) is 0 Å². The Bertz CT molecular complexity index is 1320. The zero-order valence-electron chi connectivity index (χ0n) is 19.3. The number of aromatic nitrogens is 1. The summed E-state index contributed by atoms with van der Waals surface area (Å²) in [5, 5.41) is 15.8. The van der Waals surface area contributed by atoms with E-state index < -0.39 is 4.92 Å². The molecule has 35 heavy (non-hydrogen) atoms. The molecule has 1 N–H and O–H groups in total. The quantitative estimate of drug-likeness (QED) is 0.179. The van der Waals surface area contributed by atoms with Crippen LogP contribution in [0.1, 0.15) is 29.0 Å². The summed E-state index contributed by atoms with van der Waals surface area (Å²) in [6, 6.07) is 22.3. The fourth-order valence-electron chi connectivity index (χ4n) is 4.27. The van der Waals surface area contributed by atoms with Gasteiger partial charge in [0.05, 0.1) is 11.5 Å². The van der Waals surface area contributed by atoms with Crippen LogP contribution in [0.5, 0.6) is 0 Å². The highest BCUT2D eigenvalue weighted by molar-refractivity contribution is 6.30. The van der Waals surface area contributed by atoms with Crippen LogP contribution in [0.25, 0.3) is 10.9 Å². The number of benzene rings is 3. The van der Waals surface area contributed by atoms with Crippen molar-refractivity contribution in [3.8, 4) is 0 Å². The molecule has 0 fully saturated rings. The van der Waals surface area contributed by atoms with Crippen molar-refractivity contribution in [1.29, 1.82) is 0 Å². The zero-order valence-corrected chi connectivity index (χ0v) is 20.1. The molecule has 180 valence electrons.